The molecule has 0 nitrogen and oxygen atoms in total. The van der Waals surface area contributed by atoms with Crippen LogP contribution in [0.2, 0.25) is 0 Å². The van der Waals surface area contributed by atoms with Crippen LogP contribution in [0.15, 0.2) is 23.8 Å². The summed E-state index contributed by atoms with van der Waals surface area (Å²) in [6.45, 7) is 6.36. The summed E-state index contributed by atoms with van der Waals surface area (Å²) in [5, 5.41) is 0. The van der Waals surface area contributed by atoms with Crippen molar-refractivity contribution in [1.29, 1.82) is 0 Å². The molecule has 0 aromatic carbocycles. The molecule has 0 heteroatoms. The number of allylic oxidation sites excluding steroid dienone is 3. The fourth-order valence-corrected chi connectivity index (χ4v) is 4.43. The minimum Gasteiger partial charge on any atom is -0.103 e. The number of fused-ring (bicyclic) bond motifs is 1. The first-order chi connectivity index (χ1) is 7.25. The molecule has 0 aromatic heterocycles. The van der Waals surface area contributed by atoms with Crippen molar-refractivity contribution in [3.8, 4) is 0 Å². The van der Waals surface area contributed by atoms with Gasteiger partial charge >= 0.3 is 0 Å². The molecule has 0 aliphatic heterocycles. The first-order valence-electron chi connectivity index (χ1n) is 6.58. The fourth-order valence-electron chi connectivity index (χ4n) is 4.43. The average Bonchev–Trinajstić information content (AvgIpc) is 2.75. The van der Waals surface area contributed by atoms with Gasteiger partial charge in [0.1, 0.15) is 0 Å². The van der Waals surface area contributed by atoms with Gasteiger partial charge in [0.25, 0.3) is 0 Å². The van der Waals surface area contributed by atoms with Crippen LogP contribution in [0.1, 0.15) is 51.9 Å². The minimum absolute atomic E-state index is 0.690. The Bertz CT molecular complexity index is 323. The van der Waals surface area contributed by atoms with Crippen LogP contribution in [0.3, 0.4) is 0 Å². The Morgan fingerprint density at radius 2 is 2.20 bits per heavy atom. The van der Waals surface area contributed by atoms with Crippen LogP contribution in [-0.4, -0.2) is 0 Å². The van der Waals surface area contributed by atoms with Crippen molar-refractivity contribution in [3.63, 3.8) is 0 Å². The lowest BCUT2D eigenvalue weighted by Gasteiger charge is -2.38. The molecule has 2 bridgehead atoms. The summed E-state index contributed by atoms with van der Waals surface area (Å²) in [4.78, 5) is 0. The monoisotopic (exact) mass is 202 g/mol. The van der Waals surface area contributed by atoms with Crippen LogP contribution < -0.4 is 0 Å². The highest BCUT2D eigenvalue weighted by molar-refractivity contribution is 5.37. The molecule has 2 saturated carbocycles. The van der Waals surface area contributed by atoms with Crippen LogP contribution in [0.25, 0.3) is 0 Å². The SMILES string of the molecule is C=CCC1=C2CC(C)CCC23CCC1C3. The highest BCUT2D eigenvalue weighted by Crippen LogP contribution is 2.64. The van der Waals surface area contributed by atoms with E-state index < -0.39 is 0 Å². The van der Waals surface area contributed by atoms with Crippen LogP contribution in [-0.2, 0) is 0 Å². The zero-order valence-corrected chi connectivity index (χ0v) is 9.89. The van der Waals surface area contributed by atoms with E-state index in [1.165, 1.54) is 44.9 Å². The van der Waals surface area contributed by atoms with E-state index in [0.29, 0.717) is 5.41 Å². The van der Waals surface area contributed by atoms with Gasteiger partial charge in [-0.05, 0) is 62.2 Å². The average molecular weight is 202 g/mol. The van der Waals surface area contributed by atoms with Crippen molar-refractivity contribution in [2.24, 2.45) is 17.3 Å². The van der Waals surface area contributed by atoms with E-state index >= 15 is 0 Å². The standard InChI is InChI=1S/C15H22/c1-3-4-13-12-6-8-15(10-12)7-5-11(2)9-14(13)15/h3,11-12H,1,4-10H2,2H3. The number of hydrogen-bond acceptors (Lipinski definition) is 0. The Hall–Kier alpha value is -0.520. The Labute approximate surface area is 93.5 Å². The zero-order chi connectivity index (χ0) is 10.5. The second-order valence-electron chi connectivity index (χ2n) is 6.06. The van der Waals surface area contributed by atoms with Crippen LogP contribution >= 0.6 is 0 Å². The lowest BCUT2D eigenvalue weighted by atomic mass is 9.66. The van der Waals surface area contributed by atoms with Gasteiger partial charge in [-0.25, -0.2) is 0 Å². The maximum atomic E-state index is 3.93. The molecular weight excluding hydrogens is 180 g/mol. The Morgan fingerprint density at radius 1 is 1.40 bits per heavy atom. The molecule has 0 radical (unpaired) electrons. The van der Waals surface area contributed by atoms with E-state index in [2.05, 4.69) is 19.6 Å². The molecular formula is C15H22. The third-order valence-corrected chi connectivity index (χ3v) is 5.16. The minimum atomic E-state index is 0.690. The normalized spacial score (nSPS) is 43.3. The molecule has 0 heterocycles. The second-order valence-corrected chi connectivity index (χ2v) is 6.06. The van der Waals surface area contributed by atoms with Crippen LogP contribution in [0.4, 0.5) is 0 Å². The van der Waals surface area contributed by atoms with Crippen molar-refractivity contribution in [2.45, 2.75) is 51.9 Å². The van der Waals surface area contributed by atoms with E-state index in [1.807, 2.05) is 11.1 Å². The summed E-state index contributed by atoms with van der Waals surface area (Å²) in [5.74, 6) is 1.88. The highest BCUT2D eigenvalue weighted by Gasteiger charge is 2.51. The third-order valence-electron chi connectivity index (χ3n) is 5.16. The van der Waals surface area contributed by atoms with Crippen molar-refractivity contribution in [2.75, 3.05) is 0 Å². The van der Waals surface area contributed by atoms with Crippen LogP contribution in [0, 0.1) is 17.3 Å². The van der Waals surface area contributed by atoms with E-state index in [-0.39, 0.29) is 0 Å². The molecule has 2 fully saturated rings. The highest BCUT2D eigenvalue weighted by atomic mass is 14.6. The van der Waals surface area contributed by atoms with Crippen LogP contribution in [0.5, 0.6) is 0 Å². The summed E-state index contributed by atoms with van der Waals surface area (Å²) in [7, 11) is 0. The quantitative estimate of drug-likeness (QED) is 0.579. The van der Waals surface area contributed by atoms with Gasteiger partial charge in [-0.15, -0.1) is 6.58 Å². The van der Waals surface area contributed by atoms with E-state index in [1.54, 1.807) is 0 Å². The maximum Gasteiger partial charge on any atom is -0.00791 e. The van der Waals surface area contributed by atoms with E-state index in [0.717, 1.165) is 11.8 Å². The Balaban J connectivity index is 1.99. The third kappa shape index (κ3) is 1.26. The van der Waals surface area contributed by atoms with Gasteiger partial charge in [0.05, 0.1) is 0 Å². The van der Waals surface area contributed by atoms with Gasteiger partial charge in [-0.2, -0.15) is 0 Å². The molecule has 1 spiro atoms. The maximum absolute atomic E-state index is 3.93. The molecule has 3 unspecified atom stereocenters. The molecule has 82 valence electrons. The smallest absolute Gasteiger partial charge is 0.00791 e. The van der Waals surface area contributed by atoms with Gasteiger partial charge < -0.3 is 0 Å². The van der Waals surface area contributed by atoms with E-state index in [4.69, 9.17) is 0 Å². The number of hydrogen-bond donors (Lipinski definition) is 0. The second kappa shape index (κ2) is 3.23. The Kier molecular flexibility index (Phi) is 2.09. The lowest BCUT2D eigenvalue weighted by molar-refractivity contribution is 0.249. The molecule has 0 aromatic rings. The van der Waals surface area contributed by atoms with E-state index in [9.17, 15) is 0 Å². The molecule has 15 heavy (non-hydrogen) atoms. The van der Waals surface area contributed by atoms with Crippen molar-refractivity contribution in [1.82, 2.24) is 0 Å². The fraction of sp³-hybridized carbons (Fsp3) is 0.733. The molecule has 3 rings (SSSR count). The predicted molar refractivity (Wildman–Crippen MR) is 64.6 cm³/mol. The van der Waals surface area contributed by atoms with Crippen molar-refractivity contribution >= 4 is 0 Å². The Morgan fingerprint density at radius 3 is 3.00 bits per heavy atom. The summed E-state index contributed by atoms with van der Waals surface area (Å²) < 4.78 is 0. The molecule has 0 N–H and O–H groups in total. The van der Waals surface area contributed by atoms with Gasteiger partial charge in [0.2, 0.25) is 0 Å². The summed E-state index contributed by atoms with van der Waals surface area (Å²) in [5.41, 5.74) is 4.38. The zero-order valence-electron chi connectivity index (χ0n) is 9.89. The molecule has 3 aliphatic rings. The summed E-state index contributed by atoms with van der Waals surface area (Å²) in [6.07, 6.45) is 12.1. The number of rotatable bonds is 2. The van der Waals surface area contributed by atoms with Crippen molar-refractivity contribution in [3.05, 3.63) is 23.8 Å². The van der Waals surface area contributed by atoms with Gasteiger partial charge in [-0.3, -0.25) is 0 Å². The van der Waals surface area contributed by atoms with Gasteiger partial charge in [0, 0.05) is 0 Å². The molecule has 3 atom stereocenters. The van der Waals surface area contributed by atoms with Gasteiger partial charge in [-0.1, -0.05) is 24.1 Å². The first kappa shape index (κ1) is 9.69. The predicted octanol–water partition coefficient (Wildman–Crippen LogP) is 4.48. The molecule has 0 amide bonds. The summed E-state index contributed by atoms with van der Waals surface area (Å²) in [6, 6.07) is 0. The molecule has 3 aliphatic carbocycles. The molecule has 0 saturated heterocycles. The van der Waals surface area contributed by atoms with Crippen molar-refractivity contribution < 1.29 is 0 Å². The lowest BCUT2D eigenvalue weighted by Crippen LogP contribution is -2.25. The first-order valence-corrected chi connectivity index (χ1v) is 6.58. The largest absolute Gasteiger partial charge is 0.103 e. The summed E-state index contributed by atoms with van der Waals surface area (Å²) >= 11 is 0. The van der Waals surface area contributed by atoms with Gasteiger partial charge in [0.15, 0.2) is 0 Å². The topological polar surface area (TPSA) is 0 Å².